The lowest BCUT2D eigenvalue weighted by molar-refractivity contribution is -0.143. The topological polar surface area (TPSA) is 72.5 Å². The number of ether oxygens (including phenoxy) is 1. The highest BCUT2D eigenvalue weighted by Crippen LogP contribution is 2.20. The number of rotatable bonds is 7. The second kappa shape index (κ2) is 9.05. The van der Waals surface area contributed by atoms with Gasteiger partial charge in [0.25, 0.3) is 5.91 Å². The molecule has 5 nitrogen and oxygen atoms in total. The van der Waals surface area contributed by atoms with Gasteiger partial charge < -0.3 is 10.1 Å². The third-order valence-corrected chi connectivity index (χ3v) is 3.94. The second-order valence-corrected chi connectivity index (χ2v) is 6.47. The van der Waals surface area contributed by atoms with Crippen LogP contribution < -0.4 is 5.32 Å². The van der Waals surface area contributed by atoms with Gasteiger partial charge in [-0.1, -0.05) is 38.8 Å². The van der Waals surface area contributed by atoms with Crippen molar-refractivity contribution in [2.45, 2.75) is 32.2 Å². The van der Waals surface area contributed by atoms with Crippen LogP contribution in [0.25, 0.3) is 0 Å². The van der Waals surface area contributed by atoms with Gasteiger partial charge in [-0.25, -0.2) is 4.79 Å². The number of methoxy groups -OCH3 is 1. The number of carbonyl (C=O) groups is 3. The van der Waals surface area contributed by atoms with E-state index in [0.29, 0.717) is 12.0 Å². The maximum atomic E-state index is 12.2. The van der Waals surface area contributed by atoms with Crippen LogP contribution >= 0.6 is 31.9 Å². The molecule has 0 aliphatic heterocycles. The number of benzene rings is 1. The summed E-state index contributed by atoms with van der Waals surface area (Å²) in [5.41, 5.74) is 0.400. The monoisotopic (exact) mass is 433 g/mol. The molecule has 1 aromatic rings. The normalized spacial score (nSPS) is 11.6. The molecule has 0 saturated heterocycles. The number of hydrogen-bond acceptors (Lipinski definition) is 4. The van der Waals surface area contributed by atoms with Crippen molar-refractivity contribution in [3.63, 3.8) is 0 Å². The van der Waals surface area contributed by atoms with E-state index >= 15 is 0 Å². The Morgan fingerprint density at radius 3 is 2.27 bits per heavy atom. The summed E-state index contributed by atoms with van der Waals surface area (Å²) in [7, 11) is 1.25. The Labute approximate surface area is 146 Å². The molecule has 1 N–H and O–H groups in total. The van der Waals surface area contributed by atoms with E-state index in [1.54, 1.807) is 25.1 Å². The maximum Gasteiger partial charge on any atom is 0.328 e. The van der Waals surface area contributed by atoms with Crippen LogP contribution in [0.15, 0.2) is 27.1 Å². The fraction of sp³-hybridized carbons (Fsp3) is 0.400. The van der Waals surface area contributed by atoms with Crippen molar-refractivity contribution in [1.29, 1.82) is 0 Å². The number of Topliss-reactive ketones (excluding diaryl/α,β-unsaturated/α-hetero) is 1. The fourth-order valence-electron chi connectivity index (χ4n) is 1.80. The molecule has 0 heterocycles. The van der Waals surface area contributed by atoms with Gasteiger partial charge in [-0.05, 0) is 24.6 Å². The zero-order valence-corrected chi connectivity index (χ0v) is 15.5. The summed E-state index contributed by atoms with van der Waals surface area (Å²) >= 11 is 6.61. The van der Waals surface area contributed by atoms with Crippen LogP contribution in [0, 0.1) is 0 Å². The summed E-state index contributed by atoms with van der Waals surface area (Å²) in [4.78, 5) is 35.4. The average molecular weight is 435 g/mol. The summed E-state index contributed by atoms with van der Waals surface area (Å²) < 4.78 is 6.16. The van der Waals surface area contributed by atoms with Crippen molar-refractivity contribution in [3.05, 3.63) is 32.7 Å². The highest BCUT2D eigenvalue weighted by Gasteiger charge is 2.23. The van der Waals surface area contributed by atoms with Crippen LogP contribution in [0.5, 0.6) is 0 Å². The molecular weight excluding hydrogens is 418 g/mol. The standard InChI is InChI=1S/C15H17Br2NO4/c1-3-12(19)4-5-13(15(21)22-2)18-14(20)9-6-10(16)8-11(17)7-9/h6-8,13H,3-5H2,1-2H3,(H,18,20)/t13-/m0/s1. The molecular formula is C15H17Br2NO4. The van der Waals surface area contributed by atoms with E-state index in [2.05, 4.69) is 41.9 Å². The van der Waals surface area contributed by atoms with E-state index in [9.17, 15) is 14.4 Å². The smallest absolute Gasteiger partial charge is 0.328 e. The van der Waals surface area contributed by atoms with Gasteiger partial charge in [-0.3, -0.25) is 9.59 Å². The largest absolute Gasteiger partial charge is 0.467 e. The van der Waals surface area contributed by atoms with E-state index in [-0.39, 0.29) is 18.6 Å². The van der Waals surface area contributed by atoms with Crippen LogP contribution in [-0.2, 0) is 14.3 Å². The molecule has 0 saturated carbocycles. The van der Waals surface area contributed by atoms with Gasteiger partial charge in [-0.15, -0.1) is 0 Å². The van der Waals surface area contributed by atoms with Gasteiger partial charge >= 0.3 is 5.97 Å². The zero-order valence-electron chi connectivity index (χ0n) is 12.3. The molecule has 0 spiro atoms. The van der Waals surface area contributed by atoms with Crippen molar-refractivity contribution in [3.8, 4) is 0 Å². The Bertz CT molecular complexity index is 554. The molecule has 1 atom stereocenters. The first-order valence-corrected chi connectivity index (χ1v) is 8.32. The van der Waals surface area contributed by atoms with E-state index in [0.717, 1.165) is 8.95 Å². The first-order valence-electron chi connectivity index (χ1n) is 6.73. The SMILES string of the molecule is CCC(=O)CC[C@H](NC(=O)c1cc(Br)cc(Br)c1)C(=O)OC. The molecule has 1 amide bonds. The van der Waals surface area contributed by atoms with Crippen LogP contribution in [0.1, 0.15) is 36.5 Å². The van der Waals surface area contributed by atoms with Gasteiger partial charge in [0.15, 0.2) is 0 Å². The lowest BCUT2D eigenvalue weighted by Crippen LogP contribution is -2.41. The minimum absolute atomic E-state index is 0.0355. The Morgan fingerprint density at radius 1 is 1.18 bits per heavy atom. The first-order chi connectivity index (χ1) is 10.4. The number of amides is 1. The van der Waals surface area contributed by atoms with Crippen molar-refractivity contribution in [1.82, 2.24) is 5.32 Å². The quantitative estimate of drug-likeness (QED) is 0.668. The van der Waals surface area contributed by atoms with Crippen molar-refractivity contribution < 1.29 is 19.1 Å². The summed E-state index contributed by atoms with van der Waals surface area (Å²) in [6.07, 6.45) is 0.847. The molecule has 0 fully saturated rings. The lowest BCUT2D eigenvalue weighted by Gasteiger charge is -2.16. The minimum atomic E-state index is -0.842. The third kappa shape index (κ3) is 5.88. The van der Waals surface area contributed by atoms with E-state index in [1.807, 2.05) is 0 Å². The highest BCUT2D eigenvalue weighted by atomic mass is 79.9. The van der Waals surface area contributed by atoms with Crippen molar-refractivity contribution in [2.75, 3.05) is 7.11 Å². The van der Waals surface area contributed by atoms with E-state index in [1.165, 1.54) is 7.11 Å². The zero-order chi connectivity index (χ0) is 16.7. The van der Waals surface area contributed by atoms with Crippen molar-refractivity contribution >= 4 is 49.5 Å². The van der Waals surface area contributed by atoms with Gasteiger partial charge in [0.05, 0.1) is 7.11 Å². The Morgan fingerprint density at radius 2 is 1.77 bits per heavy atom. The second-order valence-electron chi connectivity index (χ2n) is 4.64. The summed E-state index contributed by atoms with van der Waals surface area (Å²) in [6, 6.07) is 4.25. The molecule has 0 aliphatic carbocycles. The third-order valence-electron chi connectivity index (χ3n) is 3.02. The minimum Gasteiger partial charge on any atom is -0.467 e. The van der Waals surface area contributed by atoms with Crippen LogP contribution in [0.2, 0.25) is 0 Å². The highest BCUT2D eigenvalue weighted by molar-refractivity contribution is 9.11. The summed E-state index contributed by atoms with van der Waals surface area (Å²) in [5, 5.41) is 2.61. The van der Waals surface area contributed by atoms with E-state index in [4.69, 9.17) is 0 Å². The van der Waals surface area contributed by atoms with E-state index < -0.39 is 17.9 Å². The summed E-state index contributed by atoms with van der Waals surface area (Å²) in [5.74, 6) is -0.930. The van der Waals surface area contributed by atoms with Crippen LogP contribution in [0.4, 0.5) is 0 Å². The first kappa shape index (κ1) is 18.8. The summed E-state index contributed by atoms with van der Waals surface area (Å²) in [6.45, 7) is 1.76. The lowest BCUT2D eigenvalue weighted by atomic mass is 10.1. The molecule has 22 heavy (non-hydrogen) atoms. The Balaban J connectivity index is 2.81. The Hall–Kier alpha value is -1.21. The number of ketones is 1. The molecule has 0 bridgehead atoms. The number of halogens is 2. The molecule has 0 aliphatic rings. The molecule has 1 rings (SSSR count). The molecule has 0 aromatic heterocycles. The molecule has 1 aromatic carbocycles. The number of nitrogens with one attached hydrogen (secondary N) is 1. The molecule has 120 valence electrons. The van der Waals surface area contributed by atoms with Gasteiger partial charge in [0.2, 0.25) is 0 Å². The average Bonchev–Trinajstić information content (AvgIpc) is 2.48. The predicted octanol–water partition coefficient (Wildman–Crippen LogP) is 3.24. The number of esters is 1. The number of carbonyl (C=O) groups excluding carboxylic acids is 3. The fourth-order valence-corrected chi connectivity index (χ4v) is 3.09. The van der Waals surface area contributed by atoms with Gasteiger partial charge in [0, 0.05) is 27.4 Å². The van der Waals surface area contributed by atoms with Gasteiger partial charge in [-0.2, -0.15) is 0 Å². The van der Waals surface area contributed by atoms with Crippen LogP contribution in [0.3, 0.4) is 0 Å². The Kier molecular flexibility index (Phi) is 7.75. The van der Waals surface area contributed by atoms with Crippen molar-refractivity contribution in [2.24, 2.45) is 0 Å². The maximum absolute atomic E-state index is 12.2. The van der Waals surface area contributed by atoms with Gasteiger partial charge in [0.1, 0.15) is 11.8 Å². The molecule has 0 radical (unpaired) electrons. The molecule has 7 heteroatoms. The van der Waals surface area contributed by atoms with Crippen LogP contribution in [-0.4, -0.2) is 30.8 Å². The predicted molar refractivity (Wildman–Crippen MR) is 89.6 cm³/mol. The number of hydrogen-bond donors (Lipinski definition) is 1. The molecule has 0 unspecified atom stereocenters.